The number of sulfonamides is 1. The van der Waals surface area contributed by atoms with Crippen LogP contribution in [0.1, 0.15) is 22.5 Å². The first kappa shape index (κ1) is 19.9. The Morgan fingerprint density at radius 1 is 1.30 bits per heavy atom. The van der Waals surface area contributed by atoms with Gasteiger partial charge in [-0.15, -0.1) is 0 Å². The minimum Gasteiger partial charge on any atom is -0.493 e. The lowest BCUT2D eigenvalue weighted by Gasteiger charge is -2.11. The van der Waals surface area contributed by atoms with Crippen LogP contribution in [0, 0.1) is 13.8 Å². The second-order valence-electron chi connectivity index (χ2n) is 7.21. The van der Waals surface area contributed by atoms with Gasteiger partial charge in [0.25, 0.3) is 0 Å². The summed E-state index contributed by atoms with van der Waals surface area (Å²) in [5, 5.41) is 4.41. The number of benzene rings is 1. The molecule has 3 rings (SSSR count). The molecule has 27 heavy (non-hydrogen) atoms. The molecule has 1 aliphatic rings. The summed E-state index contributed by atoms with van der Waals surface area (Å²) < 4.78 is 35.6. The molecule has 2 aromatic rings. The van der Waals surface area contributed by atoms with Gasteiger partial charge in [0, 0.05) is 19.5 Å². The molecule has 0 saturated carbocycles. The number of fused-ring (bicyclic) bond motifs is 1. The molecule has 1 N–H and O–H groups in total. The van der Waals surface area contributed by atoms with E-state index in [2.05, 4.69) is 15.9 Å². The highest BCUT2D eigenvalue weighted by Gasteiger charge is 2.24. The topological polar surface area (TPSA) is 76.5 Å². The predicted molar refractivity (Wildman–Crippen MR) is 105 cm³/mol. The number of likely N-dealkylation sites (N-methyl/N-ethyl adjacent to an activating group) is 1. The lowest BCUT2D eigenvalue weighted by molar-refractivity contribution is 0.357. The van der Waals surface area contributed by atoms with E-state index in [1.54, 1.807) is 11.6 Å². The molecule has 1 aromatic heterocycles. The summed E-state index contributed by atoms with van der Waals surface area (Å²) in [7, 11) is 0.372. The first-order valence-electron chi connectivity index (χ1n) is 9.21. The summed E-state index contributed by atoms with van der Waals surface area (Å²) in [5.41, 5.74) is 3.52. The molecule has 0 radical (unpaired) electrons. The van der Waals surface area contributed by atoms with Gasteiger partial charge in [0.05, 0.1) is 24.5 Å². The van der Waals surface area contributed by atoms with E-state index in [9.17, 15) is 8.42 Å². The second kappa shape index (κ2) is 8.00. The van der Waals surface area contributed by atoms with Crippen molar-refractivity contribution < 1.29 is 13.2 Å². The van der Waals surface area contributed by atoms with Crippen molar-refractivity contribution in [1.29, 1.82) is 0 Å². The molecule has 1 aromatic carbocycles. The van der Waals surface area contributed by atoms with E-state index in [0.717, 1.165) is 30.9 Å². The maximum Gasteiger partial charge on any atom is 0.244 e. The number of nitrogens with one attached hydrogen (secondary N) is 1. The van der Waals surface area contributed by atoms with Gasteiger partial charge in [-0.05, 0) is 51.6 Å². The molecule has 0 fully saturated rings. The summed E-state index contributed by atoms with van der Waals surface area (Å²) >= 11 is 0. The van der Waals surface area contributed by atoms with Crippen molar-refractivity contribution in [2.75, 3.05) is 33.8 Å². The van der Waals surface area contributed by atoms with Crippen LogP contribution >= 0.6 is 0 Å². The molecule has 1 aliphatic heterocycles. The first-order chi connectivity index (χ1) is 12.8. The van der Waals surface area contributed by atoms with Crippen LogP contribution in [-0.2, 0) is 29.4 Å². The van der Waals surface area contributed by atoms with Gasteiger partial charge >= 0.3 is 0 Å². The van der Waals surface area contributed by atoms with Crippen LogP contribution in [0.25, 0.3) is 0 Å². The van der Waals surface area contributed by atoms with E-state index in [1.807, 2.05) is 38.1 Å². The Morgan fingerprint density at radius 2 is 2.07 bits per heavy atom. The number of hydrogen-bond acceptors (Lipinski definition) is 5. The van der Waals surface area contributed by atoms with E-state index in [1.165, 1.54) is 5.56 Å². The van der Waals surface area contributed by atoms with Crippen LogP contribution in [0.5, 0.6) is 5.75 Å². The van der Waals surface area contributed by atoms with Crippen molar-refractivity contribution in [3.05, 3.63) is 40.7 Å². The molecule has 0 aliphatic carbocycles. The number of rotatable bonds is 8. The number of aryl methyl sites for hydroxylation is 1. The molecule has 8 heteroatoms. The van der Waals surface area contributed by atoms with E-state index in [4.69, 9.17) is 4.74 Å². The molecule has 0 bridgehead atoms. The molecule has 7 nitrogen and oxygen atoms in total. The first-order valence-corrected chi connectivity index (χ1v) is 10.7. The molecule has 0 amide bonds. The van der Waals surface area contributed by atoms with Crippen molar-refractivity contribution in [3.63, 3.8) is 0 Å². The van der Waals surface area contributed by atoms with Crippen molar-refractivity contribution in [3.8, 4) is 5.75 Å². The zero-order valence-electron chi connectivity index (χ0n) is 16.4. The lowest BCUT2D eigenvalue weighted by Crippen LogP contribution is -2.27. The van der Waals surface area contributed by atoms with Gasteiger partial charge in [0.15, 0.2) is 0 Å². The zero-order valence-corrected chi connectivity index (χ0v) is 17.3. The molecular formula is C19H28N4O3S. The fourth-order valence-electron chi connectivity index (χ4n) is 3.38. The van der Waals surface area contributed by atoms with Crippen LogP contribution in [0.3, 0.4) is 0 Å². The quantitative estimate of drug-likeness (QED) is 0.737. The molecular weight excluding hydrogens is 364 g/mol. The number of ether oxygens (including phenoxy) is 1. The average molecular weight is 393 g/mol. The molecule has 148 valence electrons. The van der Waals surface area contributed by atoms with Gasteiger partial charge in [0.2, 0.25) is 10.0 Å². The lowest BCUT2D eigenvalue weighted by atomic mass is 10.1. The van der Waals surface area contributed by atoms with Gasteiger partial charge in [0.1, 0.15) is 10.6 Å². The maximum absolute atomic E-state index is 12.8. The highest BCUT2D eigenvalue weighted by molar-refractivity contribution is 7.89. The second-order valence-corrected chi connectivity index (χ2v) is 8.92. The predicted octanol–water partition coefficient (Wildman–Crippen LogP) is 1.52. The third kappa shape index (κ3) is 4.51. The standard InChI is InChI=1S/C19H28N4O3S/c1-14-19(15(2)23(21-14)11-10-22(3)4)27(24,25)20-9-7-16-5-6-18-17(13-16)8-12-26-18/h5-6,13,20H,7-12H2,1-4H3. The van der Waals surface area contributed by atoms with Gasteiger partial charge in [-0.2, -0.15) is 5.10 Å². The SMILES string of the molecule is Cc1nn(CCN(C)C)c(C)c1S(=O)(=O)NCCc1ccc2c(c1)CCO2. The summed E-state index contributed by atoms with van der Waals surface area (Å²) in [6, 6.07) is 6.07. The maximum atomic E-state index is 12.8. The van der Waals surface area contributed by atoms with E-state index >= 15 is 0 Å². The van der Waals surface area contributed by atoms with Crippen LogP contribution in [0.15, 0.2) is 23.1 Å². The van der Waals surface area contributed by atoms with Crippen LogP contribution in [0.2, 0.25) is 0 Å². The Balaban J connectivity index is 1.66. The summed E-state index contributed by atoms with van der Waals surface area (Å²) in [5.74, 6) is 0.940. The third-order valence-corrected chi connectivity index (χ3v) is 6.51. The van der Waals surface area contributed by atoms with E-state index in [0.29, 0.717) is 35.8 Å². The fourth-order valence-corrected chi connectivity index (χ4v) is 4.82. The summed E-state index contributed by atoms with van der Waals surface area (Å²) in [4.78, 5) is 2.34. The van der Waals surface area contributed by atoms with E-state index in [-0.39, 0.29) is 0 Å². The van der Waals surface area contributed by atoms with Crippen molar-refractivity contribution in [1.82, 2.24) is 19.4 Å². The molecule has 0 saturated heterocycles. The Hall–Kier alpha value is -1.90. The van der Waals surface area contributed by atoms with Crippen molar-refractivity contribution in [2.24, 2.45) is 0 Å². The summed E-state index contributed by atoms with van der Waals surface area (Å²) in [6.07, 6.45) is 1.55. The zero-order chi connectivity index (χ0) is 19.6. The monoisotopic (exact) mass is 392 g/mol. The highest BCUT2D eigenvalue weighted by Crippen LogP contribution is 2.26. The molecule has 0 unspecified atom stereocenters. The van der Waals surface area contributed by atoms with Crippen LogP contribution < -0.4 is 9.46 Å². The highest BCUT2D eigenvalue weighted by atomic mass is 32.2. The van der Waals surface area contributed by atoms with Crippen LogP contribution in [0.4, 0.5) is 0 Å². The van der Waals surface area contributed by atoms with Gasteiger partial charge in [-0.3, -0.25) is 4.68 Å². The number of aromatic nitrogens is 2. The van der Waals surface area contributed by atoms with Gasteiger partial charge in [-0.1, -0.05) is 12.1 Å². The van der Waals surface area contributed by atoms with Gasteiger partial charge < -0.3 is 9.64 Å². The molecule has 0 spiro atoms. The smallest absolute Gasteiger partial charge is 0.244 e. The van der Waals surface area contributed by atoms with Gasteiger partial charge in [-0.25, -0.2) is 13.1 Å². The number of nitrogens with zero attached hydrogens (tertiary/aromatic N) is 3. The molecule has 2 heterocycles. The van der Waals surface area contributed by atoms with Crippen molar-refractivity contribution in [2.45, 2.75) is 38.1 Å². The Labute approximate surface area is 161 Å². The van der Waals surface area contributed by atoms with E-state index < -0.39 is 10.0 Å². The minimum absolute atomic E-state index is 0.295. The third-order valence-electron chi connectivity index (χ3n) is 4.80. The Morgan fingerprint density at radius 3 is 2.81 bits per heavy atom. The van der Waals surface area contributed by atoms with Crippen LogP contribution in [-0.4, -0.2) is 56.9 Å². The Kier molecular flexibility index (Phi) is 5.88. The fraction of sp³-hybridized carbons (Fsp3) is 0.526. The van der Waals surface area contributed by atoms with Crippen molar-refractivity contribution >= 4 is 10.0 Å². The normalized spacial score (nSPS) is 13.8. The molecule has 0 atom stereocenters. The average Bonchev–Trinajstić information content (AvgIpc) is 3.16. The Bertz CT molecular complexity index is 919. The number of hydrogen-bond donors (Lipinski definition) is 1. The summed E-state index contributed by atoms with van der Waals surface area (Å²) in [6.45, 7) is 6.09. The largest absolute Gasteiger partial charge is 0.493 e. The minimum atomic E-state index is -3.59.